The molecular formula is C19H14ClFN2O3S. The number of ether oxygens (including phenoxy) is 2. The van der Waals surface area contributed by atoms with Crippen molar-refractivity contribution in [3.63, 3.8) is 0 Å². The smallest absolute Gasteiger partial charge is 0.281 e. The topological polar surface area (TPSA) is 52.8 Å². The van der Waals surface area contributed by atoms with Gasteiger partial charge in [0.2, 0.25) is 0 Å². The van der Waals surface area contributed by atoms with Crippen LogP contribution in [-0.2, 0) is 6.54 Å². The first kappa shape index (κ1) is 19.0. The Balaban J connectivity index is 2.27. The lowest BCUT2D eigenvalue weighted by Crippen LogP contribution is -2.17. The van der Waals surface area contributed by atoms with Gasteiger partial charge < -0.3 is 14.0 Å². The Hall–Kier alpha value is -2.82. The van der Waals surface area contributed by atoms with Crippen molar-refractivity contribution in [2.45, 2.75) is 6.54 Å². The van der Waals surface area contributed by atoms with Gasteiger partial charge in [-0.2, -0.15) is 4.99 Å². The molecule has 3 rings (SSSR count). The van der Waals surface area contributed by atoms with Crippen molar-refractivity contribution in [3.8, 4) is 23.8 Å². The lowest BCUT2D eigenvalue weighted by atomic mass is 10.2. The van der Waals surface area contributed by atoms with Gasteiger partial charge >= 0.3 is 0 Å². The van der Waals surface area contributed by atoms with Crippen molar-refractivity contribution >= 4 is 39.1 Å². The van der Waals surface area contributed by atoms with Crippen LogP contribution in [0.1, 0.15) is 10.4 Å². The summed E-state index contributed by atoms with van der Waals surface area (Å²) in [7, 11) is 3.09. The van der Waals surface area contributed by atoms with Crippen LogP contribution in [0.4, 0.5) is 4.39 Å². The standard InChI is InChI=1S/C19H14ClFN2O3S/c1-4-9-23-16-14(25-2)7-8-15(26-3)17(16)27-19(23)22-18(24)12-6-5-11(21)10-13(12)20/h1,5-8,10H,9H2,2-3H3. The van der Waals surface area contributed by atoms with E-state index in [1.54, 1.807) is 30.9 Å². The molecule has 0 atom stereocenters. The fraction of sp³-hybridized carbons (Fsp3) is 0.158. The van der Waals surface area contributed by atoms with Crippen LogP contribution in [0.25, 0.3) is 10.2 Å². The highest BCUT2D eigenvalue weighted by Gasteiger charge is 2.17. The Bertz CT molecular complexity index is 1140. The number of rotatable bonds is 4. The number of carbonyl (C=O) groups excluding carboxylic acids is 1. The molecule has 27 heavy (non-hydrogen) atoms. The minimum absolute atomic E-state index is 0.0106. The maximum atomic E-state index is 13.2. The van der Waals surface area contributed by atoms with Gasteiger partial charge in [-0.05, 0) is 30.3 Å². The minimum atomic E-state index is -0.602. The average molecular weight is 405 g/mol. The number of hydrogen-bond acceptors (Lipinski definition) is 4. The molecule has 0 saturated heterocycles. The van der Waals surface area contributed by atoms with E-state index < -0.39 is 11.7 Å². The van der Waals surface area contributed by atoms with E-state index in [1.807, 2.05) is 0 Å². The second kappa shape index (κ2) is 7.82. The number of aromatic nitrogens is 1. The van der Waals surface area contributed by atoms with Crippen LogP contribution in [0.15, 0.2) is 35.3 Å². The lowest BCUT2D eigenvalue weighted by Gasteiger charge is -2.08. The molecule has 0 unspecified atom stereocenters. The molecule has 2 aromatic carbocycles. The van der Waals surface area contributed by atoms with Crippen LogP contribution in [-0.4, -0.2) is 24.7 Å². The van der Waals surface area contributed by atoms with Crippen molar-refractivity contribution in [2.75, 3.05) is 14.2 Å². The maximum Gasteiger partial charge on any atom is 0.281 e. The van der Waals surface area contributed by atoms with Gasteiger partial charge in [-0.1, -0.05) is 28.9 Å². The van der Waals surface area contributed by atoms with E-state index in [2.05, 4.69) is 10.9 Å². The third-order valence-corrected chi connectivity index (χ3v) is 5.21. The number of benzene rings is 2. The van der Waals surface area contributed by atoms with Crippen LogP contribution in [0.5, 0.6) is 11.5 Å². The van der Waals surface area contributed by atoms with E-state index in [4.69, 9.17) is 27.5 Å². The molecule has 8 heteroatoms. The van der Waals surface area contributed by atoms with Gasteiger partial charge in [0.25, 0.3) is 5.91 Å². The number of fused-ring (bicyclic) bond motifs is 1. The second-order valence-corrected chi connectivity index (χ2v) is 6.75. The highest BCUT2D eigenvalue weighted by Crippen LogP contribution is 2.35. The number of carbonyl (C=O) groups is 1. The Morgan fingerprint density at radius 1 is 1.30 bits per heavy atom. The highest BCUT2D eigenvalue weighted by atomic mass is 35.5. The molecule has 0 bridgehead atoms. The van der Waals surface area contributed by atoms with Crippen molar-refractivity contribution in [1.29, 1.82) is 0 Å². The maximum absolute atomic E-state index is 13.2. The van der Waals surface area contributed by atoms with Crippen molar-refractivity contribution in [3.05, 3.63) is 51.5 Å². The van der Waals surface area contributed by atoms with Crippen LogP contribution < -0.4 is 14.3 Å². The summed E-state index contributed by atoms with van der Waals surface area (Å²) < 4.78 is 26.5. The SMILES string of the molecule is C#CCn1c(=NC(=O)c2ccc(F)cc2Cl)sc2c(OC)ccc(OC)c21. The molecule has 1 aromatic heterocycles. The Morgan fingerprint density at radius 3 is 2.63 bits per heavy atom. The zero-order chi connectivity index (χ0) is 19.6. The number of amides is 1. The lowest BCUT2D eigenvalue weighted by molar-refractivity contribution is 0.0998. The quantitative estimate of drug-likeness (QED) is 0.620. The van der Waals surface area contributed by atoms with Gasteiger partial charge in [0.05, 0.1) is 31.4 Å². The summed E-state index contributed by atoms with van der Waals surface area (Å²) in [5, 5.41) is -0.0106. The van der Waals surface area contributed by atoms with Gasteiger partial charge in [-0.3, -0.25) is 4.79 Å². The third-order valence-electron chi connectivity index (χ3n) is 3.80. The van der Waals surface area contributed by atoms with E-state index in [9.17, 15) is 9.18 Å². The normalized spacial score (nSPS) is 11.4. The molecule has 1 heterocycles. The van der Waals surface area contributed by atoms with Crippen molar-refractivity contribution < 1.29 is 18.7 Å². The van der Waals surface area contributed by atoms with Gasteiger partial charge in [-0.15, -0.1) is 6.42 Å². The van der Waals surface area contributed by atoms with Gasteiger partial charge in [0, 0.05) is 0 Å². The fourth-order valence-electron chi connectivity index (χ4n) is 2.59. The van der Waals surface area contributed by atoms with Gasteiger partial charge in [0.1, 0.15) is 27.5 Å². The number of hydrogen-bond donors (Lipinski definition) is 0. The van der Waals surface area contributed by atoms with Gasteiger partial charge in [0.15, 0.2) is 4.80 Å². The second-order valence-electron chi connectivity index (χ2n) is 5.36. The van der Waals surface area contributed by atoms with E-state index in [1.165, 1.54) is 17.4 Å². The highest BCUT2D eigenvalue weighted by molar-refractivity contribution is 7.16. The molecule has 0 aliphatic heterocycles. The van der Waals surface area contributed by atoms with E-state index in [0.29, 0.717) is 21.8 Å². The monoisotopic (exact) mass is 404 g/mol. The summed E-state index contributed by atoms with van der Waals surface area (Å²) in [6.45, 7) is 0.173. The third kappa shape index (κ3) is 3.54. The molecule has 5 nitrogen and oxygen atoms in total. The van der Waals surface area contributed by atoms with E-state index in [0.717, 1.165) is 16.8 Å². The number of thiazole rings is 1. The van der Waals surface area contributed by atoms with Crippen LogP contribution in [0.3, 0.4) is 0 Å². The first-order valence-corrected chi connectivity index (χ1v) is 8.91. The molecule has 1 amide bonds. The summed E-state index contributed by atoms with van der Waals surface area (Å²) in [5.74, 6) is 2.60. The summed E-state index contributed by atoms with van der Waals surface area (Å²) in [5.41, 5.74) is 0.776. The van der Waals surface area contributed by atoms with E-state index >= 15 is 0 Å². The number of halogens is 2. The van der Waals surface area contributed by atoms with Crippen molar-refractivity contribution in [1.82, 2.24) is 4.57 Å². The van der Waals surface area contributed by atoms with Gasteiger partial charge in [-0.25, -0.2) is 4.39 Å². The predicted octanol–water partition coefficient (Wildman–Crippen LogP) is 3.89. The summed E-state index contributed by atoms with van der Waals surface area (Å²) in [4.78, 5) is 17.1. The average Bonchev–Trinajstić information content (AvgIpc) is 2.99. The zero-order valence-corrected chi connectivity index (χ0v) is 16.0. The molecule has 0 radical (unpaired) electrons. The zero-order valence-electron chi connectivity index (χ0n) is 14.5. The first-order chi connectivity index (χ1) is 13.0. The first-order valence-electron chi connectivity index (χ1n) is 7.72. The molecule has 0 saturated carbocycles. The molecule has 138 valence electrons. The van der Waals surface area contributed by atoms with E-state index in [-0.39, 0.29) is 17.1 Å². The fourth-order valence-corrected chi connectivity index (χ4v) is 3.97. The van der Waals surface area contributed by atoms with Crippen LogP contribution in [0.2, 0.25) is 5.02 Å². The minimum Gasteiger partial charge on any atom is -0.495 e. The molecule has 0 N–H and O–H groups in total. The Labute approximate surface area is 163 Å². The van der Waals surface area contributed by atoms with Crippen LogP contribution in [0, 0.1) is 18.2 Å². The molecule has 0 aliphatic rings. The molecule has 3 aromatic rings. The number of nitrogens with zero attached hydrogens (tertiary/aromatic N) is 2. The predicted molar refractivity (Wildman–Crippen MR) is 103 cm³/mol. The summed E-state index contributed by atoms with van der Waals surface area (Å²) >= 11 is 7.20. The van der Waals surface area contributed by atoms with Crippen LogP contribution >= 0.6 is 22.9 Å². The molecule has 0 aliphatic carbocycles. The van der Waals surface area contributed by atoms with Crippen molar-refractivity contribution in [2.24, 2.45) is 4.99 Å². The number of methoxy groups -OCH3 is 2. The Morgan fingerprint density at radius 2 is 2.00 bits per heavy atom. The summed E-state index contributed by atoms with van der Waals surface area (Å²) in [6.07, 6.45) is 5.50. The Kier molecular flexibility index (Phi) is 5.49. The molecular weight excluding hydrogens is 391 g/mol. The molecule has 0 spiro atoms. The summed E-state index contributed by atoms with van der Waals surface area (Å²) in [6, 6.07) is 7.03. The number of terminal acetylenes is 1. The largest absolute Gasteiger partial charge is 0.495 e. The molecule has 0 fully saturated rings.